The number of carbonyl (C=O) groups is 1. The fourth-order valence-electron chi connectivity index (χ4n) is 1.66. The summed E-state index contributed by atoms with van der Waals surface area (Å²) in [6, 6.07) is 8.47. The fourth-order valence-corrected chi connectivity index (χ4v) is 2.32. The Hall–Kier alpha value is -2.09. The molecular formula is C15H14F3N3OS. The van der Waals surface area contributed by atoms with E-state index in [-0.39, 0.29) is 16.8 Å². The number of halogens is 3. The number of hydrogen-bond acceptors (Lipinski definition) is 4. The Kier molecular flexibility index (Phi) is 5.59. The van der Waals surface area contributed by atoms with Gasteiger partial charge in [-0.2, -0.15) is 13.2 Å². The van der Waals surface area contributed by atoms with E-state index < -0.39 is 11.9 Å². The first-order chi connectivity index (χ1) is 10.8. The normalized spacial score (nSPS) is 11.3. The van der Waals surface area contributed by atoms with E-state index in [1.807, 2.05) is 31.2 Å². The maximum atomic E-state index is 12.5. The molecule has 0 aliphatic carbocycles. The number of hydrogen-bond donors (Lipinski definition) is 1. The van der Waals surface area contributed by atoms with Gasteiger partial charge >= 0.3 is 6.18 Å². The van der Waals surface area contributed by atoms with E-state index in [2.05, 4.69) is 15.3 Å². The second kappa shape index (κ2) is 7.45. The predicted octanol–water partition coefficient (Wildman–Crippen LogP) is 3.21. The van der Waals surface area contributed by atoms with E-state index in [0.29, 0.717) is 6.54 Å². The Labute approximate surface area is 135 Å². The molecule has 0 radical (unpaired) electrons. The highest BCUT2D eigenvalue weighted by atomic mass is 32.2. The smallest absolute Gasteiger partial charge is 0.351 e. The molecule has 122 valence electrons. The summed E-state index contributed by atoms with van der Waals surface area (Å²) in [6.07, 6.45) is -3.49. The monoisotopic (exact) mass is 341 g/mol. The van der Waals surface area contributed by atoms with Gasteiger partial charge in [0.1, 0.15) is 5.69 Å². The molecule has 1 aromatic carbocycles. The minimum Gasteiger partial charge on any atom is -0.351 e. The average Bonchev–Trinajstić information content (AvgIpc) is 2.52. The molecule has 0 saturated heterocycles. The predicted molar refractivity (Wildman–Crippen MR) is 80.8 cm³/mol. The highest BCUT2D eigenvalue weighted by molar-refractivity contribution is 7.99. The molecule has 0 aliphatic heterocycles. The molecule has 23 heavy (non-hydrogen) atoms. The highest BCUT2D eigenvalue weighted by Gasteiger charge is 2.32. The third kappa shape index (κ3) is 5.55. The lowest BCUT2D eigenvalue weighted by atomic mass is 10.1. The van der Waals surface area contributed by atoms with E-state index in [0.717, 1.165) is 35.2 Å². The van der Waals surface area contributed by atoms with E-state index in [1.54, 1.807) is 0 Å². The highest BCUT2D eigenvalue weighted by Crippen LogP contribution is 2.28. The van der Waals surface area contributed by atoms with Gasteiger partial charge in [0.15, 0.2) is 5.16 Å². The maximum Gasteiger partial charge on any atom is 0.433 e. The first-order valence-corrected chi connectivity index (χ1v) is 7.68. The van der Waals surface area contributed by atoms with Gasteiger partial charge in [-0.15, -0.1) is 0 Å². The van der Waals surface area contributed by atoms with Gasteiger partial charge < -0.3 is 5.32 Å². The van der Waals surface area contributed by atoms with Crippen LogP contribution in [0.3, 0.4) is 0 Å². The number of alkyl halides is 3. The lowest BCUT2D eigenvalue weighted by Crippen LogP contribution is -2.24. The molecule has 1 heterocycles. The molecule has 1 N–H and O–H groups in total. The Morgan fingerprint density at radius 2 is 1.91 bits per heavy atom. The number of nitrogens with zero attached hydrogens (tertiary/aromatic N) is 2. The quantitative estimate of drug-likeness (QED) is 0.670. The summed E-state index contributed by atoms with van der Waals surface area (Å²) >= 11 is 0.862. The van der Waals surface area contributed by atoms with Crippen LogP contribution in [0.15, 0.2) is 41.7 Å². The number of carbonyl (C=O) groups excluding carboxylic acids is 1. The van der Waals surface area contributed by atoms with Crippen LogP contribution >= 0.6 is 11.8 Å². The summed E-state index contributed by atoms with van der Waals surface area (Å²) in [5.41, 5.74) is 1.05. The van der Waals surface area contributed by atoms with Crippen LogP contribution in [0.25, 0.3) is 0 Å². The molecule has 8 heteroatoms. The van der Waals surface area contributed by atoms with Gasteiger partial charge in [-0.3, -0.25) is 4.79 Å². The number of thioether (sulfide) groups is 1. The van der Waals surface area contributed by atoms with Crippen molar-refractivity contribution in [2.24, 2.45) is 0 Å². The standard InChI is InChI=1S/C15H14F3N3OS/c1-10-2-4-11(5-3-10)8-20-13(22)9-23-14-19-7-6-12(21-14)15(16,17)18/h2-7H,8-9H2,1H3,(H,20,22). The molecule has 0 spiro atoms. The molecule has 4 nitrogen and oxygen atoms in total. The lowest BCUT2D eigenvalue weighted by molar-refractivity contribution is -0.141. The first-order valence-electron chi connectivity index (χ1n) is 6.70. The van der Waals surface area contributed by atoms with Crippen molar-refractivity contribution in [1.82, 2.24) is 15.3 Å². The summed E-state index contributed by atoms with van der Waals surface area (Å²) < 4.78 is 37.6. The van der Waals surface area contributed by atoms with E-state index in [4.69, 9.17) is 0 Å². The van der Waals surface area contributed by atoms with Crippen LogP contribution in [0.5, 0.6) is 0 Å². The lowest BCUT2D eigenvalue weighted by Gasteiger charge is -2.07. The Balaban J connectivity index is 1.83. The Morgan fingerprint density at radius 1 is 1.22 bits per heavy atom. The average molecular weight is 341 g/mol. The fraction of sp³-hybridized carbons (Fsp3) is 0.267. The number of benzene rings is 1. The maximum absolute atomic E-state index is 12.5. The van der Waals surface area contributed by atoms with Crippen molar-refractivity contribution in [2.75, 3.05) is 5.75 Å². The van der Waals surface area contributed by atoms with Gasteiger partial charge in [0.25, 0.3) is 0 Å². The summed E-state index contributed by atoms with van der Waals surface area (Å²) in [6.45, 7) is 2.33. The third-order valence-corrected chi connectivity index (χ3v) is 3.73. The second-order valence-corrected chi connectivity index (χ2v) is 5.72. The topological polar surface area (TPSA) is 54.9 Å². The van der Waals surface area contributed by atoms with E-state index in [9.17, 15) is 18.0 Å². The Bertz CT molecular complexity index is 674. The molecule has 1 aromatic heterocycles. The van der Waals surface area contributed by atoms with Crippen molar-refractivity contribution in [3.8, 4) is 0 Å². The van der Waals surface area contributed by atoms with Gasteiger partial charge in [0, 0.05) is 12.7 Å². The zero-order chi connectivity index (χ0) is 16.9. The number of rotatable bonds is 5. The van der Waals surface area contributed by atoms with Crippen molar-refractivity contribution < 1.29 is 18.0 Å². The molecule has 0 aliphatic rings. The van der Waals surface area contributed by atoms with Crippen molar-refractivity contribution in [3.63, 3.8) is 0 Å². The molecule has 0 atom stereocenters. The van der Waals surface area contributed by atoms with Crippen molar-refractivity contribution in [2.45, 2.75) is 24.8 Å². The molecule has 2 rings (SSSR count). The molecule has 0 saturated carbocycles. The summed E-state index contributed by atoms with van der Waals surface area (Å²) in [5.74, 6) is -0.343. The van der Waals surface area contributed by atoms with Crippen LogP contribution < -0.4 is 5.32 Å². The number of aryl methyl sites for hydroxylation is 1. The summed E-state index contributed by atoms with van der Waals surface area (Å²) in [4.78, 5) is 18.8. The van der Waals surface area contributed by atoms with E-state index in [1.165, 1.54) is 0 Å². The Morgan fingerprint density at radius 3 is 2.57 bits per heavy atom. The van der Waals surface area contributed by atoms with Crippen molar-refractivity contribution >= 4 is 17.7 Å². The van der Waals surface area contributed by atoms with Gasteiger partial charge in [-0.25, -0.2) is 9.97 Å². The molecule has 1 amide bonds. The van der Waals surface area contributed by atoms with Gasteiger partial charge in [-0.05, 0) is 18.6 Å². The number of amides is 1. The minimum atomic E-state index is -4.52. The van der Waals surface area contributed by atoms with Crippen LogP contribution in [0.1, 0.15) is 16.8 Å². The van der Waals surface area contributed by atoms with Crippen LogP contribution in [0.2, 0.25) is 0 Å². The zero-order valence-electron chi connectivity index (χ0n) is 12.2. The minimum absolute atomic E-state index is 0.0484. The van der Waals surface area contributed by atoms with E-state index >= 15 is 0 Å². The molecular weight excluding hydrogens is 327 g/mol. The van der Waals surface area contributed by atoms with Crippen LogP contribution in [0, 0.1) is 6.92 Å². The number of nitrogens with one attached hydrogen (secondary N) is 1. The third-order valence-electron chi connectivity index (χ3n) is 2.87. The van der Waals surface area contributed by atoms with Gasteiger partial charge in [-0.1, -0.05) is 41.6 Å². The van der Waals surface area contributed by atoms with Gasteiger partial charge in [0.05, 0.1) is 5.75 Å². The summed E-state index contributed by atoms with van der Waals surface area (Å²) in [5, 5.41) is 2.62. The van der Waals surface area contributed by atoms with Crippen LogP contribution in [-0.2, 0) is 17.5 Å². The largest absolute Gasteiger partial charge is 0.433 e. The molecule has 2 aromatic rings. The molecule has 0 unspecified atom stereocenters. The SMILES string of the molecule is Cc1ccc(CNC(=O)CSc2nccc(C(F)(F)F)n2)cc1. The first kappa shape index (κ1) is 17.3. The van der Waals surface area contributed by atoms with Crippen LogP contribution in [0.4, 0.5) is 13.2 Å². The molecule has 0 fully saturated rings. The van der Waals surface area contributed by atoms with Gasteiger partial charge in [0.2, 0.25) is 5.91 Å². The van der Waals surface area contributed by atoms with Crippen LogP contribution in [-0.4, -0.2) is 21.6 Å². The van der Waals surface area contributed by atoms with Crippen molar-refractivity contribution in [3.05, 3.63) is 53.3 Å². The summed E-state index contributed by atoms with van der Waals surface area (Å²) in [7, 11) is 0. The second-order valence-electron chi connectivity index (χ2n) is 4.77. The zero-order valence-corrected chi connectivity index (χ0v) is 13.0. The van der Waals surface area contributed by atoms with Crippen molar-refractivity contribution in [1.29, 1.82) is 0 Å². The number of aromatic nitrogens is 2. The molecule has 0 bridgehead atoms.